The number of fused-ring (bicyclic) bond motifs is 6. The molecule has 248 valence electrons. The van der Waals surface area contributed by atoms with Gasteiger partial charge in [0.1, 0.15) is 0 Å². The predicted molar refractivity (Wildman–Crippen MR) is 193 cm³/mol. The van der Waals surface area contributed by atoms with Crippen LogP contribution in [-0.4, -0.2) is 47.4 Å². The topological polar surface area (TPSA) is 71.0 Å². The molecule has 0 spiro atoms. The van der Waals surface area contributed by atoms with Crippen molar-refractivity contribution < 1.29 is 10.8 Å². The number of rotatable bonds is 18. The SMILES string of the molecule is [2H]C1C(C(C)OCCCCCCCC)=C2C=C3C=CC(=N3)C=c3ccc([nH]3)=CC3=NC(=CC1(C(C)OCCCCCCCC)N2)C=C3. The second-order valence-electron chi connectivity index (χ2n) is 13.2. The fourth-order valence-corrected chi connectivity index (χ4v) is 6.48. The largest absolute Gasteiger partial charge is 0.376 e. The summed E-state index contributed by atoms with van der Waals surface area (Å²) < 4.78 is 23.0. The number of unbranched alkanes of at least 4 members (excludes halogenated alkanes) is 10. The molecule has 46 heavy (non-hydrogen) atoms. The molecule has 0 saturated heterocycles. The highest BCUT2D eigenvalue weighted by molar-refractivity contribution is 6.20. The van der Waals surface area contributed by atoms with Gasteiger partial charge in [-0.25, -0.2) is 9.98 Å². The maximum atomic E-state index is 9.87. The van der Waals surface area contributed by atoms with Crippen LogP contribution in [0, 0.1) is 0 Å². The second-order valence-corrected chi connectivity index (χ2v) is 13.2. The van der Waals surface area contributed by atoms with E-state index >= 15 is 0 Å². The minimum absolute atomic E-state index is 0.232. The summed E-state index contributed by atoms with van der Waals surface area (Å²) in [5.74, 6) is 0. The number of hydrogen-bond donors (Lipinski definition) is 2. The summed E-state index contributed by atoms with van der Waals surface area (Å²) in [6.45, 7) is 10.1. The number of allylic oxidation sites excluding steroid dienone is 5. The average Bonchev–Trinajstić information content (AvgIpc) is 3.85. The van der Waals surface area contributed by atoms with Crippen LogP contribution in [0.2, 0.25) is 0 Å². The highest BCUT2D eigenvalue weighted by atomic mass is 16.5. The number of aromatic amines is 1. The van der Waals surface area contributed by atoms with Crippen LogP contribution in [0.1, 0.15) is 113 Å². The van der Waals surface area contributed by atoms with E-state index in [1.54, 1.807) is 0 Å². The monoisotopic (exact) mass is 625 g/mol. The Balaban J connectivity index is 1.46. The number of nitrogens with zero attached hydrogens (tertiary/aromatic N) is 2. The van der Waals surface area contributed by atoms with Crippen LogP contribution >= 0.6 is 0 Å². The molecule has 4 unspecified atom stereocenters. The van der Waals surface area contributed by atoms with Crippen molar-refractivity contribution in [3.05, 3.63) is 82.0 Å². The first kappa shape index (κ1) is 32.7. The van der Waals surface area contributed by atoms with Gasteiger partial charge in [-0.2, -0.15) is 0 Å². The molecule has 4 aliphatic rings. The lowest BCUT2D eigenvalue weighted by atomic mass is 9.86. The van der Waals surface area contributed by atoms with E-state index in [4.69, 9.17) is 19.5 Å². The van der Waals surface area contributed by atoms with Crippen LogP contribution in [0.5, 0.6) is 0 Å². The first-order chi connectivity index (χ1) is 22.9. The third-order valence-electron chi connectivity index (χ3n) is 9.28. The van der Waals surface area contributed by atoms with E-state index in [9.17, 15) is 1.37 Å². The van der Waals surface area contributed by atoms with Gasteiger partial charge in [-0.1, -0.05) is 78.1 Å². The number of aliphatic imine (C=N–C) groups is 2. The van der Waals surface area contributed by atoms with Gasteiger partial charge in [0, 0.05) is 37.4 Å². The van der Waals surface area contributed by atoms with E-state index < -0.39 is 11.9 Å². The Hall–Kier alpha value is -3.22. The van der Waals surface area contributed by atoms with E-state index in [0.29, 0.717) is 13.2 Å². The summed E-state index contributed by atoms with van der Waals surface area (Å²) in [5.41, 5.74) is 4.43. The molecule has 0 aliphatic carbocycles. The molecule has 6 heteroatoms. The Labute approximate surface area is 278 Å². The third-order valence-corrected chi connectivity index (χ3v) is 9.28. The van der Waals surface area contributed by atoms with Crippen LogP contribution in [0.15, 0.2) is 81.2 Å². The van der Waals surface area contributed by atoms with Gasteiger partial charge in [0.15, 0.2) is 0 Å². The summed E-state index contributed by atoms with van der Waals surface area (Å²) >= 11 is 0. The van der Waals surface area contributed by atoms with Crippen LogP contribution < -0.4 is 16.0 Å². The van der Waals surface area contributed by atoms with Gasteiger partial charge in [0.05, 0.1) is 40.6 Å². The van der Waals surface area contributed by atoms with Crippen molar-refractivity contribution in [2.75, 3.05) is 13.2 Å². The zero-order chi connectivity index (χ0) is 33.1. The summed E-state index contributed by atoms with van der Waals surface area (Å²) in [5, 5.41) is 5.80. The zero-order valence-electron chi connectivity index (χ0n) is 29.6. The Morgan fingerprint density at radius 2 is 1.30 bits per heavy atom. The van der Waals surface area contributed by atoms with E-state index in [2.05, 4.69) is 74.4 Å². The molecule has 1 aromatic heterocycles. The highest BCUT2D eigenvalue weighted by Gasteiger charge is 2.43. The lowest BCUT2D eigenvalue weighted by Gasteiger charge is -2.35. The van der Waals surface area contributed by atoms with Crippen molar-refractivity contribution in [1.82, 2.24) is 10.3 Å². The fourth-order valence-electron chi connectivity index (χ4n) is 6.48. The maximum Gasteiger partial charge on any atom is 0.0878 e. The Morgan fingerprint density at radius 1 is 0.739 bits per heavy atom. The Bertz CT molecular complexity index is 1560. The van der Waals surface area contributed by atoms with Gasteiger partial charge >= 0.3 is 0 Å². The molecule has 2 N–H and O–H groups in total. The number of H-pyrrole nitrogens is 1. The van der Waals surface area contributed by atoms with Crippen LogP contribution in [0.4, 0.5) is 0 Å². The van der Waals surface area contributed by atoms with E-state index in [1.807, 2.05) is 24.3 Å². The molecule has 4 atom stereocenters. The van der Waals surface area contributed by atoms with Crippen LogP contribution in [0.25, 0.3) is 12.2 Å². The zero-order valence-corrected chi connectivity index (χ0v) is 28.6. The van der Waals surface area contributed by atoms with Gasteiger partial charge in [-0.05, 0) is 93.0 Å². The maximum absolute atomic E-state index is 9.87. The van der Waals surface area contributed by atoms with E-state index in [1.165, 1.54) is 64.2 Å². The van der Waals surface area contributed by atoms with E-state index in [-0.39, 0.29) is 12.2 Å². The lowest BCUT2D eigenvalue weighted by molar-refractivity contribution is 0.0163. The predicted octanol–water partition coefficient (Wildman–Crippen LogP) is 7.90. The van der Waals surface area contributed by atoms with Crippen molar-refractivity contribution in [2.24, 2.45) is 9.98 Å². The molecule has 0 fully saturated rings. The van der Waals surface area contributed by atoms with E-state index in [0.717, 1.165) is 57.6 Å². The Kier molecular flexibility index (Phi) is 12.1. The van der Waals surface area contributed by atoms with Gasteiger partial charge < -0.3 is 19.8 Å². The molecular formula is C40H56N4O2. The summed E-state index contributed by atoms with van der Waals surface area (Å²) in [4.78, 5) is 13.4. The quantitative estimate of drug-likeness (QED) is 0.163. The first-order valence-electron chi connectivity index (χ1n) is 18.5. The third kappa shape index (κ3) is 9.42. The van der Waals surface area contributed by atoms with Gasteiger partial charge in [-0.15, -0.1) is 0 Å². The van der Waals surface area contributed by atoms with Crippen LogP contribution in [0.3, 0.4) is 0 Å². The van der Waals surface area contributed by atoms with Gasteiger partial charge in [0.25, 0.3) is 0 Å². The molecule has 1 aromatic rings. The van der Waals surface area contributed by atoms with Gasteiger partial charge in [-0.3, -0.25) is 0 Å². The standard InChI is InChI=1S/C40H56N4O2/c1-5-7-9-11-13-15-23-45-30(3)38-29-40(31(4)46-24-16-14-12-10-8-6-2)28-37-22-21-35(43-37)26-33-18-17-32(41-33)25-34-19-20-36(42-34)27-39(38)44-40/h17-22,25-28,30-31,41,44H,5-16,23-24,29H2,1-4H3/i29D. The van der Waals surface area contributed by atoms with Crippen molar-refractivity contribution >= 4 is 23.6 Å². The second kappa shape index (κ2) is 17.1. The molecule has 4 aliphatic heterocycles. The van der Waals surface area contributed by atoms with Crippen molar-refractivity contribution in [3.8, 4) is 0 Å². The molecule has 0 amide bonds. The summed E-state index contributed by atoms with van der Waals surface area (Å²) in [6.07, 6.45) is 29.9. The number of aromatic nitrogens is 1. The molecule has 0 radical (unpaired) electrons. The first-order valence-corrected chi connectivity index (χ1v) is 18.0. The lowest BCUT2D eigenvalue weighted by Crippen LogP contribution is -2.49. The average molecular weight is 626 g/mol. The van der Waals surface area contributed by atoms with Gasteiger partial charge in [0.2, 0.25) is 0 Å². The molecule has 6 nitrogen and oxygen atoms in total. The molecule has 5 heterocycles. The van der Waals surface area contributed by atoms with Crippen molar-refractivity contribution in [2.45, 2.75) is 129 Å². The minimum atomic E-state index is -0.835. The number of nitrogens with one attached hydrogen (secondary N) is 2. The van der Waals surface area contributed by atoms with Crippen molar-refractivity contribution in [3.63, 3.8) is 0 Å². The smallest absolute Gasteiger partial charge is 0.0878 e. The Morgan fingerprint density at radius 3 is 1.96 bits per heavy atom. The molecule has 8 bridgehead atoms. The fraction of sp³-hybridized carbons (Fsp3) is 0.550. The molecule has 0 aromatic carbocycles. The van der Waals surface area contributed by atoms with Crippen molar-refractivity contribution in [1.29, 1.82) is 0 Å². The number of ether oxygens (including phenoxy) is 2. The summed E-state index contributed by atoms with van der Waals surface area (Å²) in [6, 6.07) is 4.12. The molecular weight excluding hydrogens is 568 g/mol. The molecule has 0 saturated carbocycles. The highest BCUT2D eigenvalue weighted by Crippen LogP contribution is 2.38. The molecule has 5 rings (SSSR count). The summed E-state index contributed by atoms with van der Waals surface area (Å²) in [7, 11) is 0. The van der Waals surface area contributed by atoms with Crippen LogP contribution in [-0.2, 0) is 9.47 Å². The number of hydrogen-bond acceptors (Lipinski definition) is 5. The minimum Gasteiger partial charge on any atom is -0.376 e. The normalized spacial score (nSPS) is 23.2.